The van der Waals surface area contributed by atoms with Crippen LogP contribution in [0.4, 0.5) is 4.39 Å². The van der Waals surface area contributed by atoms with E-state index in [-0.39, 0.29) is 10.4 Å². The summed E-state index contributed by atoms with van der Waals surface area (Å²) < 4.78 is 13.9. The summed E-state index contributed by atoms with van der Waals surface area (Å²) in [4.78, 5) is 0. The van der Waals surface area contributed by atoms with E-state index < -0.39 is 5.82 Å². The van der Waals surface area contributed by atoms with Gasteiger partial charge in [-0.2, -0.15) is 5.26 Å². The summed E-state index contributed by atoms with van der Waals surface area (Å²) in [6.45, 7) is 0. The zero-order chi connectivity index (χ0) is 13.5. The van der Waals surface area contributed by atoms with Crippen LogP contribution in [-0.2, 0) is 5.41 Å². The van der Waals surface area contributed by atoms with Crippen molar-refractivity contribution >= 4 is 11.6 Å². The van der Waals surface area contributed by atoms with Gasteiger partial charge in [-0.05, 0) is 30.0 Å². The van der Waals surface area contributed by atoms with E-state index >= 15 is 0 Å². The van der Waals surface area contributed by atoms with Crippen molar-refractivity contribution in [3.8, 4) is 17.2 Å². The van der Waals surface area contributed by atoms with Crippen LogP contribution in [0.5, 0.6) is 0 Å². The monoisotopic (exact) mass is 271 g/mol. The zero-order valence-corrected chi connectivity index (χ0v) is 10.9. The molecule has 2 aromatic carbocycles. The van der Waals surface area contributed by atoms with Crippen LogP contribution in [0.3, 0.4) is 0 Å². The normalized spacial score (nSPS) is 15.8. The summed E-state index contributed by atoms with van der Waals surface area (Å²) >= 11 is 5.78. The minimum atomic E-state index is -0.404. The third-order valence-electron chi connectivity index (χ3n) is 3.66. The van der Waals surface area contributed by atoms with Crippen LogP contribution < -0.4 is 0 Å². The molecule has 1 fully saturated rings. The van der Waals surface area contributed by atoms with Gasteiger partial charge in [0.15, 0.2) is 0 Å². The third kappa shape index (κ3) is 2.01. The van der Waals surface area contributed by atoms with Gasteiger partial charge in [-0.25, -0.2) is 4.39 Å². The molecule has 1 nitrogen and oxygen atoms in total. The molecule has 0 saturated heterocycles. The van der Waals surface area contributed by atoms with E-state index in [2.05, 4.69) is 6.07 Å². The average molecular weight is 272 g/mol. The molecule has 1 saturated carbocycles. The molecule has 3 rings (SSSR count). The van der Waals surface area contributed by atoms with Crippen molar-refractivity contribution in [1.82, 2.24) is 0 Å². The largest absolute Gasteiger partial charge is 0.205 e. The molecule has 0 atom stereocenters. The maximum absolute atomic E-state index is 13.9. The number of nitriles is 1. The van der Waals surface area contributed by atoms with Crippen LogP contribution in [0, 0.1) is 17.1 Å². The Morgan fingerprint density at radius 2 is 1.79 bits per heavy atom. The Kier molecular flexibility index (Phi) is 2.80. The molecule has 0 bridgehead atoms. The van der Waals surface area contributed by atoms with Gasteiger partial charge in [0.1, 0.15) is 5.82 Å². The van der Waals surface area contributed by atoms with E-state index in [9.17, 15) is 4.39 Å². The predicted molar refractivity (Wildman–Crippen MR) is 73.4 cm³/mol. The van der Waals surface area contributed by atoms with Crippen molar-refractivity contribution in [2.75, 3.05) is 0 Å². The Morgan fingerprint density at radius 3 is 2.37 bits per heavy atom. The van der Waals surface area contributed by atoms with E-state index in [1.54, 1.807) is 12.1 Å². The molecular formula is C16H11ClFN. The summed E-state index contributed by atoms with van der Waals surface area (Å²) in [6, 6.07) is 14.8. The maximum atomic E-state index is 13.9. The number of hydrogen-bond acceptors (Lipinski definition) is 1. The van der Waals surface area contributed by atoms with Crippen LogP contribution in [0.15, 0.2) is 42.5 Å². The lowest BCUT2D eigenvalue weighted by Crippen LogP contribution is -2.01. The van der Waals surface area contributed by atoms with Crippen molar-refractivity contribution in [3.63, 3.8) is 0 Å². The van der Waals surface area contributed by atoms with Crippen molar-refractivity contribution in [2.24, 2.45) is 0 Å². The fourth-order valence-corrected chi connectivity index (χ4v) is 2.46. The van der Waals surface area contributed by atoms with E-state index in [1.807, 2.05) is 24.3 Å². The predicted octanol–water partition coefficient (Wildman–Crippen LogP) is 4.70. The molecule has 19 heavy (non-hydrogen) atoms. The highest BCUT2D eigenvalue weighted by Gasteiger charge is 2.44. The van der Waals surface area contributed by atoms with Crippen molar-refractivity contribution in [3.05, 3.63) is 58.9 Å². The van der Waals surface area contributed by atoms with E-state index in [1.165, 1.54) is 6.07 Å². The van der Waals surface area contributed by atoms with Crippen LogP contribution in [0.25, 0.3) is 11.1 Å². The molecule has 0 heterocycles. The average Bonchev–Trinajstić information content (AvgIpc) is 3.23. The fraction of sp³-hybridized carbons (Fsp3) is 0.188. The van der Waals surface area contributed by atoms with Crippen molar-refractivity contribution in [1.29, 1.82) is 5.26 Å². The van der Waals surface area contributed by atoms with Crippen LogP contribution >= 0.6 is 11.6 Å². The minimum Gasteiger partial charge on any atom is -0.205 e. The first kappa shape index (κ1) is 12.2. The number of nitrogens with zero attached hydrogens (tertiary/aromatic N) is 1. The van der Waals surface area contributed by atoms with E-state index in [4.69, 9.17) is 16.9 Å². The Labute approximate surface area is 116 Å². The first-order chi connectivity index (χ1) is 9.16. The summed E-state index contributed by atoms with van der Waals surface area (Å²) in [7, 11) is 0. The highest BCUT2D eigenvalue weighted by molar-refractivity contribution is 6.31. The standard InChI is InChI=1S/C16H11ClFN/c17-14-3-1-2-13(15(14)18)11-4-6-12(7-5-11)16(10-19)8-9-16/h1-7H,8-9H2. The molecule has 0 radical (unpaired) electrons. The molecule has 1 aliphatic rings. The second-order valence-electron chi connectivity index (χ2n) is 4.87. The number of hydrogen-bond donors (Lipinski definition) is 0. The van der Waals surface area contributed by atoms with Crippen molar-refractivity contribution in [2.45, 2.75) is 18.3 Å². The van der Waals surface area contributed by atoms with Gasteiger partial charge in [0.2, 0.25) is 0 Å². The highest BCUT2D eigenvalue weighted by Crippen LogP contribution is 2.47. The van der Waals surface area contributed by atoms with Gasteiger partial charge in [-0.1, -0.05) is 48.0 Å². The molecule has 3 heteroatoms. The second kappa shape index (κ2) is 4.36. The van der Waals surface area contributed by atoms with E-state index in [0.29, 0.717) is 5.56 Å². The molecule has 0 aromatic heterocycles. The maximum Gasteiger partial charge on any atom is 0.149 e. The Bertz CT molecular complexity index is 666. The minimum absolute atomic E-state index is 0.122. The van der Waals surface area contributed by atoms with Gasteiger partial charge in [-0.15, -0.1) is 0 Å². The number of benzene rings is 2. The number of halogens is 2. The molecule has 0 spiro atoms. The van der Waals surface area contributed by atoms with Gasteiger partial charge in [0.25, 0.3) is 0 Å². The molecule has 1 aliphatic carbocycles. The third-order valence-corrected chi connectivity index (χ3v) is 3.96. The molecular weight excluding hydrogens is 261 g/mol. The lowest BCUT2D eigenvalue weighted by atomic mass is 9.95. The Balaban J connectivity index is 2.00. The van der Waals surface area contributed by atoms with Gasteiger partial charge in [0.05, 0.1) is 16.5 Å². The van der Waals surface area contributed by atoms with Crippen LogP contribution in [-0.4, -0.2) is 0 Å². The quantitative estimate of drug-likeness (QED) is 0.776. The molecule has 0 unspecified atom stereocenters. The summed E-state index contributed by atoms with van der Waals surface area (Å²) in [5.74, 6) is -0.404. The van der Waals surface area contributed by atoms with Crippen LogP contribution in [0.2, 0.25) is 5.02 Å². The first-order valence-corrected chi connectivity index (χ1v) is 6.50. The van der Waals surface area contributed by atoms with Crippen molar-refractivity contribution < 1.29 is 4.39 Å². The molecule has 0 N–H and O–H groups in total. The summed E-state index contributed by atoms with van der Waals surface area (Å²) in [5, 5.41) is 9.27. The van der Waals surface area contributed by atoms with E-state index in [0.717, 1.165) is 24.0 Å². The second-order valence-corrected chi connectivity index (χ2v) is 5.28. The van der Waals surface area contributed by atoms with Gasteiger partial charge in [-0.3, -0.25) is 0 Å². The topological polar surface area (TPSA) is 23.8 Å². The lowest BCUT2D eigenvalue weighted by Gasteiger charge is -2.09. The van der Waals surface area contributed by atoms with Crippen LogP contribution in [0.1, 0.15) is 18.4 Å². The Hall–Kier alpha value is -1.85. The van der Waals surface area contributed by atoms with Gasteiger partial charge < -0.3 is 0 Å². The zero-order valence-electron chi connectivity index (χ0n) is 10.2. The summed E-state index contributed by atoms with van der Waals surface area (Å²) in [5.41, 5.74) is 1.98. The number of rotatable bonds is 2. The SMILES string of the molecule is N#CC1(c2ccc(-c3cccc(Cl)c3F)cc2)CC1. The molecule has 0 amide bonds. The summed E-state index contributed by atoms with van der Waals surface area (Å²) in [6.07, 6.45) is 1.82. The molecule has 0 aliphatic heterocycles. The smallest absolute Gasteiger partial charge is 0.149 e. The highest BCUT2D eigenvalue weighted by atomic mass is 35.5. The van der Waals surface area contributed by atoms with Gasteiger partial charge in [0, 0.05) is 5.56 Å². The molecule has 94 valence electrons. The fourth-order valence-electron chi connectivity index (χ4n) is 2.29. The Morgan fingerprint density at radius 1 is 1.11 bits per heavy atom. The molecule has 2 aromatic rings. The lowest BCUT2D eigenvalue weighted by molar-refractivity contribution is 0.632. The first-order valence-electron chi connectivity index (χ1n) is 6.12. The van der Waals surface area contributed by atoms with Gasteiger partial charge >= 0.3 is 0 Å².